The molecule has 1 aromatic rings. The number of alkyl carbamates (subject to hydrolysis) is 1. The number of unbranched alkanes of at least 4 members (excludes halogenated alkanes) is 1. The SMILES string of the molecule is CCCCNC(=O)C(c1ccccc1O)N(C(=O)C(NC(=O)OC(C)(C)C)C(C)C)C1CC1. The zero-order valence-electron chi connectivity index (χ0n) is 20.7. The number of benzene rings is 1. The van der Waals surface area contributed by atoms with Crippen molar-refractivity contribution in [2.24, 2.45) is 5.92 Å². The zero-order valence-corrected chi connectivity index (χ0v) is 20.7. The number of aromatic hydroxyl groups is 1. The van der Waals surface area contributed by atoms with Gasteiger partial charge in [0.05, 0.1) is 0 Å². The van der Waals surface area contributed by atoms with E-state index >= 15 is 0 Å². The third-order valence-electron chi connectivity index (χ3n) is 5.39. The minimum atomic E-state index is -0.996. The molecule has 1 aliphatic rings. The highest BCUT2D eigenvalue weighted by molar-refractivity contribution is 5.93. The molecule has 3 amide bonds. The van der Waals surface area contributed by atoms with Crippen LogP contribution < -0.4 is 10.6 Å². The van der Waals surface area contributed by atoms with Crippen LogP contribution in [0.4, 0.5) is 4.79 Å². The summed E-state index contributed by atoms with van der Waals surface area (Å²) in [6, 6.07) is 4.57. The van der Waals surface area contributed by atoms with Crippen molar-refractivity contribution >= 4 is 17.9 Å². The van der Waals surface area contributed by atoms with Crippen LogP contribution in [0.5, 0.6) is 5.75 Å². The molecule has 1 saturated carbocycles. The summed E-state index contributed by atoms with van der Waals surface area (Å²) in [4.78, 5) is 41.1. The van der Waals surface area contributed by atoms with Gasteiger partial charge in [-0.15, -0.1) is 0 Å². The van der Waals surface area contributed by atoms with Crippen molar-refractivity contribution in [2.75, 3.05) is 6.54 Å². The monoisotopic (exact) mass is 461 g/mol. The molecule has 0 radical (unpaired) electrons. The van der Waals surface area contributed by atoms with Gasteiger partial charge < -0.3 is 25.4 Å². The van der Waals surface area contributed by atoms with Crippen LogP contribution in [-0.4, -0.2) is 52.1 Å². The summed E-state index contributed by atoms with van der Waals surface area (Å²) >= 11 is 0. The lowest BCUT2D eigenvalue weighted by Gasteiger charge is -2.36. The highest BCUT2D eigenvalue weighted by Gasteiger charge is 2.45. The topological polar surface area (TPSA) is 108 Å². The van der Waals surface area contributed by atoms with E-state index in [4.69, 9.17) is 4.74 Å². The van der Waals surface area contributed by atoms with Crippen molar-refractivity contribution < 1.29 is 24.2 Å². The van der Waals surface area contributed by atoms with Gasteiger partial charge in [0, 0.05) is 18.2 Å². The summed E-state index contributed by atoms with van der Waals surface area (Å²) in [6.45, 7) is 11.4. The largest absolute Gasteiger partial charge is 0.508 e. The molecule has 0 heterocycles. The van der Waals surface area contributed by atoms with E-state index in [0.29, 0.717) is 12.1 Å². The first-order valence-corrected chi connectivity index (χ1v) is 11.8. The molecule has 1 aromatic carbocycles. The first kappa shape index (κ1) is 26.5. The van der Waals surface area contributed by atoms with E-state index in [0.717, 1.165) is 25.7 Å². The number of ether oxygens (including phenoxy) is 1. The van der Waals surface area contributed by atoms with Gasteiger partial charge in [0.25, 0.3) is 0 Å². The lowest BCUT2D eigenvalue weighted by atomic mass is 9.98. The van der Waals surface area contributed by atoms with Crippen molar-refractivity contribution in [3.63, 3.8) is 0 Å². The van der Waals surface area contributed by atoms with Crippen LogP contribution in [0.1, 0.15) is 78.8 Å². The fraction of sp³-hybridized carbons (Fsp3) is 0.640. The molecule has 2 rings (SSSR count). The Morgan fingerprint density at radius 2 is 1.82 bits per heavy atom. The molecular formula is C25H39N3O5. The molecule has 33 heavy (non-hydrogen) atoms. The van der Waals surface area contributed by atoms with Crippen LogP contribution in [0, 0.1) is 5.92 Å². The second-order valence-electron chi connectivity index (χ2n) is 9.95. The number of amides is 3. The van der Waals surface area contributed by atoms with E-state index in [2.05, 4.69) is 10.6 Å². The minimum absolute atomic E-state index is 0.0483. The van der Waals surface area contributed by atoms with Crippen molar-refractivity contribution in [3.05, 3.63) is 29.8 Å². The molecule has 0 bridgehead atoms. The third kappa shape index (κ3) is 7.65. The molecule has 2 unspecified atom stereocenters. The van der Waals surface area contributed by atoms with Crippen LogP contribution in [0.2, 0.25) is 0 Å². The second kappa shape index (κ2) is 11.4. The van der Waals surface area contributed by atoms with Crippen molar-refractivity contribution in [2.45, 2.75) is 91.0 Å². The number of rotatable bonds is 10. The maximum absolute atomic E-state index is 13.8. The van der Waals surface area contributed by atoms with Crippen LogP contribution in [-0.2, 0) is 14.3 Å². The highest BCUT2D eigenvalue weighted by Crippen LogP contribution is 2.38. The Morgan fingerprint density at radius 1 is 1.18 bits per heavy atom. The minimum Gasteiger partial charge on any atom is -0.508 e. The Kier molecular flexibility index (Phi) is 9.14. The van der Waals surface area contributed by atoms with Crippen LogP contribution in [0.25, 0.3) is 0 Å². The summed E-state index contributed by atoms with van der Waals surface area (Å²) in [5, 5.41) is 16.2. The molecule has 0 spiro atoms. The quantitative estimate of drug-likeness (QED) is 0.458. The molecule has 0 saturated heterocycles. The number of hydrogen-bond donors (Lipinski definition) is 3. The molecular weight excluding hydrogens is 422 g/mol. The Hall–Kier alpha value is -2.77. The fourth-order valence-electron chi connectivity index (χ4n) is 3.60. The standard InChI is InChI=1S/C25H39N3O5/c1-7-8-15-26-22(30)21(18-11-9-10-12-19(18)29)28(17-13-14-17)23(31)20(16(2)3)27-24(32)33-25(4,5)6/h9-12,16-17,20-21,29H,7-8,13-15H2,1-6H3,(H,26,30)(H,27,32). The molecule has 0 aromatic heterocycles. The number of para-hydroxylation sites is 1. The number of carbonyl (C=O) groups excluding carboxylic acids is 3. The van der Waals surface area contributed by atoms with E-state index in [1.165, 1.54) is 6.07 Å². The van der Waals surface area contributed by atoms with E-state index < -0.39 is 23.8 Å². The predicted molar refractivity (Wildman–Crippen MR) is 127 cm³/mol. The third-order valence-corrected chi connectivity index (χ3v) is 5.39. The molecule has 184 valence electrons. The van der Waals surface area contributed by atoms with E-state index in [1.807, 2.05) is 20.8 Å². The summed E-state index contributed by atoms with van der Waals surface area (Å²) < 4.78 is 5.36. The molecule has 8 nitrogen and oxygen atoms in total. The van der Waals surface area contributed by atoms with Gasteiger partial charge in [-0.3, -0.25) is 9.59 Å². The average Bonchev–Trinajstić information content (AvgIpc) is 3.54. The van der Waals surface area contributed by atoms with E-state index in [9.17, 15) is 19.5 Å². The predicted octanol–water partition coefficient (Wildman–Crippen LogP) is 3.89. The number of phenolic OH excluding ortho intramolecular Hbond substituents is 1. The average molecular weight is 462 g/mol. The summed E-state index contributed by atoms with van der Waals surface area (Å²) in [5.41, 5.74) is -0.339. The first-order valence-electron chi connectivity index (χ1n) is 11.8. The highest BCUT2D eigenvalue weighted by atomic mass is 16.6. The van der Waals surface area contributed by atoms with Gasteiger partial charge in [-0.2, -0.15) is 0 Å². The first-order chi connectivity index (χ1) is 15.5. The number of nitrogens with one attached hydrogen (secondary N) is 2. The van der Waals surface area contributed by atoms with Gasteiger partial charge in [-0.25, -0.2) is 4.79 Å². The van der Waals surface area contributed by atoms with Crippen LogP contribution in [0.15, 0.2) is 24.3 Å². The van der Waals surface area contributed by atoms with Crippen molar-refractivity contribution in [1.82, 2.24) is 15.5 Å². The number of hydrogen-bond acceptors (Lipinski definition) is 5. The van der Waals surface area contributed by atoms with Gasteiger partial charge in [0.1, 0.15) is 23.4 Å². The molecule has 0 aliphatic heterocycles. The molecule has 2 atom stereocenters. The Labute approximate surface area is 197 Å². The van der Waals surface area contributed by atoms with Crippen LogP contribution in [0.3, 0.4) is 0 Å². The maximum atomic E-state index is 13.8. The molecule has 1 fully saturated rings. The normalized spacial score (nSPS) is 15.5. The smallest absolute Gasteiger partial charge is 0.408 e. The molecule has 3 N–H and O–H groups in total. The Balaban J connectivity index is 2.40. The molecule has 1 aliphatic carbocycles. The van der Waals surface area contributed by atoms with Crippen molar-refractivity contribution in [3.8, 4) is 5.75 Å². The van der Waals surface area contributed by atoms with Gasteiger partial charge in [-0.1, -0.05) is 45.4 Å². The molecule has 8 heteroatoms. The Bertz CT molecular complexity index is 830. The zero-order chi connectivity index (χ0) is 24.8. The van der Waals surface area contributed by atoms with E-state index in [1.54, 1.807) is 43.9 Å². The summed E-state index contributed by atoms with van der Waals surface area (Å²) in [6.07, 6.45) is 2.56. The lowest BCUT2D eigenvalue weighted by molar-refractivity contribution is -0.144. The number of carbonyl (C=O) groups is 3. The summed E-state index contributed by atoms with van der Waals surface area (Å²) in [7, 11) is 0. The number of phenols is 1. The summed E-state index contributed by atoms with van der Waals surface area (Å²) in [5.74, 6) is -0.991. The lowest BCUT2D eigenvalue weighted by Crippen LogP contribution is -2.55. The van der Waals surface area contributed by atoms with Crippen molar-refractivity contribution in [1.29, 1.82) is 0 Å². The van der Waals surface area contributed by atoms with Crippen LogP contribution >= 0.6 is 0 Å². The van der Waals surface area contributed by atoms with Gasteiger partial charge >= 0.3 is 6.09 Å². The maximum Gasteiger partial charge on any atom is 0.408 e. The second-order valence-corrected chi connectivity index (χ2v) is 9.95. The van der Waals surface area contributed by atoms with Gasteiger partial charge in [-0.05, 0) is 52.0 Å². The van der Waals surface area contributed by atoms with Gasteiger partial charge in [0.2, 0.25) is 11.8 Å². The fourth-order valence-corrected chi connectivity index (χ4v) is 3.60. The number of nitrogens with zero attached hydrogens (tertiary/aromatic N) is 1. The van der Waals surface area contributed by atoms with E-state index in [-0.39, 0.29) is 29.5 Å². The Morgan fingerprint density at radius 3 is 2.33 bits per heavy atom. The van der Waals surface area contributed by atoms with Gasteiger partial charge in [0.15, 0.2) is 0 Å².